The minimum absolute atomic E-state index is 0.199. The van der Waals surface area contributed by atoms with Gasteiger partial charge in [0.05, 0.1) is 0 Å². The van der Waals surface area contributed by atoms with E-state index < -0.39 is 10.0 Å². The van der Waals surface area contributed by atoms with Crippen LogP contribution in [0.2, 0.25) is 0 Å². The molecule has 1 aliphatic rings. The summed E-state index contributed by atoms with van der Waals surface area (Å²) < 4.78 is 27.2. The molecule has 1 fully saturated rings. The van der Waals surface area contributed by atoms with Gasteiger partial charge in [-0.1, -0.05) is 48.0 Å². The van der Waals surface area contributed by atoms with Gasteiger partial charge in [0.1, 0.15) is 0 Å². The Balaban J connectivity index is 1.60. The Labute approximate surface area is 150 Å². The van der Waals surface area contributed by atoms with Crippen molar-refractivity contribution in [2.45, 2.75) is 25.8 Å². The minimum Gasteiger partial charge on any atom is -0.367 e. The summed E-state index contributed by atoms with van der Waals surface area (Å²) in [5, 5.41) is 1.25. The fraction of sp³-hybridized carbons (Fsp3) is 0.300. The largest absolute Gasteiger partial charge is 0.367 e. The molecular formula is C20H24N2O2S. The van der Waals surface area contributed by atoms with Crippen LogP contribution in [0.25, 0.3) is 6.08 Å². The number of sulfonamides is 1. The van der Waals surface area contributed by atoms with Gasteiger partial charge in [-0.05, 0) is 43.5 Å². The first kappa shape index (κ1) is 17.7. The monoisotopic (exact) mass is 356 g/mol. The molecule has 1 saturated heterocycles. The molecule has 0 aliphatic carbocycles. The number of hydrogen-bond acceptors (Lipinski definition) is 3. The van der Waals surface area contributed by atoms with Gasteiger partial charge in [-0.2, -0.15) is 0 Å². The van der Waals surface area contributed by atoms with Gasteiger partial charge in [0, 0.05) is 30.2 Å². The van der Waals surface area contributed by atoms with Gasteiger partial charge >= 0.3 is 0 Å². The highest BCUT2D eigenvalue weighted by Crippen LogP contribution is 2.24. The van der Waals surface area contributed by atoms with Crippen LogP contribution in [0.5, 0.6) is 0 Å². The van der Waals surface area contributed by atoms with E-state index in [2.05, 4.69) is 21.8 Å². The summed E-state index contributed by atoms with van der Waals surface area (Å²) in [4.78, 5) is 2.28. The summed E-state index contributed by atoms with van der Waals surface area (Å²) in [6, 6.07) is 18.1. The van der Waals surface area contributed by atoms with Crippen molar-refractivity contribution in [3.05, 3.63) is 71.1 Å². The first-order valence-corrected chi connectivity index (χ1v) is 10.1. The Kier molecular flexibility index (Phi) is 5.56. The molecule has 1 atom stereocenters. The maximum absolute atomic E-state index is 12.3. The zero-order valence-corrected chi connectivity index (χ0v) is 15.2. The Morgan fingerprint density at radius 3 is 2.56 bits per heavy atom. The fourth-order valence-electron chi connectivity index (χ4n) is 3.11. The molecule has 0 aromatic heterocycles. The molecule has 1 aliphatic heterocycles. The molecule has 5 heteroatoms. The van der Waals surface area contributed by atoms with Crippen molar-refractivity contribution in [3.8, 4) is 0 Å². The van der Waals surface area contributed by atoms with Crippen LogP contribution >= 0.6 is 0 Å². The third kappa shape index (κ3) is 4.94. The van der Waals surface area contributed by atoms with Crippen molar-refractivity contribution in [1.29, 1.82) is 0 Å². The molecule has 132 valence electrons. The van der Waals surface area contributed by atoms with Gasteiger partial charge in [0.15, 0.2) is 0 Å². The van der Waals surface area contributed by atoms with Crippen LogP contribution in [-0.2, 0) is 10.0 Å². The van der Waals surface area contributed by atoms with E-state index in [1.165, 1.54) is 5.41 Å². The lowest BCUT2D eigenvalue weighted by atomic mass is 10.2. The van der Waals surface area contributed by atoms with E-state index in [-0.39, 0.29) is 6.04 Å². The van der Waals surface area contributed by atoms with Crippen molar-refractivity contribution in [3.63, 3.8) is 0 Å². The second kappa shape index (κ2) is 7.85. The predicted molar refractivity (Wildman–Crippen MR) is 104 cm³/mol. The number of rotatable bonds is 6. The third-order valence-corrected chi connectivity index (χ3v) is 5.57. The number of anilines is 1. The molecule has 0 bridgehead atoms. The van der Waals surface area contributed by atoms with Gasteiger partial charge in [0.25, 0.3) is 0 Å². The molecule has 0 amide bonds. The smallest absolute Gasteiger partial charge is 0.233 e. The Bertz CT molecular complexity index is 815. The average molecular weight is 356 g/mol. The van der Waals surface area contributed by atoms with Crippen molar-refractivity contribution < 1.29 is 8.42 Å². The summed E-state index contributed by atoms with van der Waals surface area (Å²) >= 11 is 0. The fourth-order valence-corrected chi connectivity index (χ4v) is 3.97. The van der Waals surface area contributed by atoms with E-state index in [0.717, 1.165) is 36.2 Å². The number of hydrogen-bond donors (Lipinski definition) is 1. The normalized spacial score (nSPS) is 18.1. The zero-order chi connectivity index (χ0) is 17.7. The maximum Gasteiger partial charge on any atom is 0.233 e. The van der Waals surface area contributed by atoms with E-state index in [9.17, 15) is 8.42 Å². The standard InChI is InChI=1S/C20H24N2O2S/c1-17-9-11-18(12-10-17)13-15-25(23,24)21-16-20-8-5-14-22(20)19-6-3-2-4-7-19/h2-4,6-7,9-13,15,20-21H,5,8,14,16H2,1H3/b15-13+. The van der Waals surface area contributed by atoms with Crippen molar-refractivity contribution in [2.24, 2.45) is 0 Å². The molecule has 3 rings (SSSR count). The van der Waals surface area contributed by atoms with Crippen LogP contribution in [0.3, 0.4) is 0 Å². The maximum atomic E-state index is 12.3. The summed E-state index contributed by atoms with van der Waals surface area (Å²) in [7, 11) is -3.44. The second-order valence-electron chi connectivity index (χ2n) is 6.43. The predicted octanol–water partition coefficient (Wildman–Crippen LogP) is 3.55. The Morgan fingerprint density at radius 1 is 1.12 bits per heavy atom. The van der Waals surface area contributed by atoms with Crippen molar-refractivity contribution in [2.75, 3.05) is 18.0 Å². The SMILES string of the molecule is Cc1ccc(/C=C/S(=O)(=O)NCC2CCCN2c2ccccc2)cc1. The third-order valence-electron chi connectivity index (χ3n) is 4.50. The van der Waals surface area contributed by atoms with Gasteiger partial charge in [-0.25, -0.2) is 13.1 Å². The van der Waals surface area contributed by atoms with Crippen LogP contribution in [0.4, 0.5) is 5.69 Å². The molecular weight excluding hydrogens is 332 g/mol. The van der Waals surface area contributed by atoms with Gasteiger partial charge in [-0.15, -0.1) is 0 Å². The first-order chi connectivity index (χ1) is 12.0. The number of nitrogens with zero attached hydrogens (tertiary/aromatic N) is 1. The number of aryl methyl sites for hydroxylation is 1. The molecule has 4 nitrogen and oxygen atoms in total. The van der Waals surface area contributed by atoms with Gasteiger partial charge < -0.3 is 4.90 Å². The molecule has 1 N–H and O–H groups in total. The number of benzene rings is 2. The molecule has 2 aromatic carbocycles. The summed E-state index contributed by atoms with van der Waals surface area (Å²) in [5.41, 5.74) is 3.18. The molecule has 0 radical (unpaired) electrons. The summed E-state index contributed by atoms with van der Waals surface area (Å²) in [5.74, 6) is 0. The zero-order valence-electron chi connectivity index (χ0n) is 14.4. The van der Waals surface area contributed by atoms with Crippen molar-refractivity contribution in [1.82, 2.24) is 4.72 Å². The lowest BCUT2D eigenvalue weighted by molar-refractivity contribution is 0.575. The van der Waals surface area contributed by atoms with Crippen LogP contribution in [0.1, 0.15) is 24.0 Å². The molecule has 25 heavy (non-hydrogen) atoms. The van der Waals surface area contributed by atoms with Crippen molar-refractivity contribution >= 4 is 21.8 Å². The van der Waals surface area contributed by atoms with Crippen LogP contribution in [0.15, 0.2) is 60.0 Å². The Morgan fingerprint density at radius 2 is 1.84 bits per heavy atom. The van der Waals surface area contributed by atoms with Crippen LogP contribution in [0, 0.1) is 6.92 Å². The topological polar surface area (TPSA) is 49.4 Å². The van der Waals surface area contributed by atoms with E-state index >= 15 is 0 Å². The van der Waals surface area contributed by atoms with E-state index in [1.807, 2.05) is 49.4 Å². The lowest BCUT2D eigenvalue weighted by Crippen LogP contribution is -2.39. The highest BCUT2D eigenvalue weighted by atomic mass is 32.2. The molecule has 0 saturated carbocycles. The number of para-hydroxylation sites is 1. The highest BCUT2D eigenvalue weighted by molar-refractivity contribution is 7.92. The molecule has 0 spiro atoms. The van der Waals surface area contributed by atoms with Gasteiger partial charge in [-0.3, -0.25) is 0 Å². The van der Waals surface area contributed by atoms with E-state index in [1.54, 1.807) is 6.08 Å². The first-order valence-electron chi connectivity index (χ1n) is 8.60. The van der Waals surface area contributed by atoms with Crippen LogP contribution in [-0.4, -0.2) is 27.5 Å². The van der Waals surface area contributed by atoms with E-state index in [0.29, 0.717) is 6.54 Å². The minimum atomic E-state index is -3.44. The quantitative estimate of drug-likeness (QED) is 0.861. The highest BCUT2D eigenvalue weighted by Gasteiger charge is 2.25. The second-order valence-corrected chi connectivity index (χ2v) is 8.08. The molecule has 2 aromatic rings. The van der Waals surface area contributed by atoms with E-state index in [4.69, 9.17) is 0 Å². The Hall–Kier alpha value is -2.11. The van der Waals surface area contributed by atoms with Gasteiger partial charge in [0.2, 0.25) is 10.0 Å². The average Bonchev–Trinajstić information content (AvgIpc) is 3.09. The number of nitrogens with one attached hydrogen (secondary N) is 1. The lowest BCUT2D eigenvalue weighted by Gasteiger charge is -2.26. The van der Waals surface area contributed by atoms with Crippen LogP contribution < -0.4 is 9.62 Å². The molecule has 1 heterocycles. The summed E-state index contributed by atoms with van der Waals surface area (Å²) in [6.45, 7) is 3.40. The molecule has 1 unspecified atom stereocenters. The summed E-state index contributed by atoms with van der Waals surface area (Å²) in [6.07, 6.45) is 3.71.